The summed E-state index contributed by atoms with van der Waals surface area (Å²) in [5.41, 5.74) is 1.97. The number of carbonyl (C=O) groups is 1. The lowest BCUT2D eigenvalue weighted by atomic mass is 9.96. The topological polar surface area (TPSA) is 88.8 Å². The number of ether oxygens (including phenoxy) is 1. The maximum absolute atomic E-state index is 13.0. The smallest absolute Gasteiger partial charge is 0.243 e. The maximum Gasteiger partial charge on any atom is 0.243 e. The minimum absolute atomic E-state index is 0.0536. The van der Waals surface area contributed by atoms with Gasteiger partial charge in [-0.1, -0.05) is 19.3 Å². The van der Waals surface area contributed by atoms with Gasteiger partial charge in [-0.3, -0.25) is 4.79 Å². The average molecular weight is 457 g/mol. The molecular weight excluding hydrogens is 428 g/mol. The van der Waals surface area contributed by atoms with Gasteiger partial charge in [-0.05, 0) is 49.2 Å². The lowest BCUT2D eigenvalue weighted by Gasteiger charge is -2.30. The van der Waals surface area contributed by atoms with E-state index >= 15 is 0 Å². The zero-order valence-corrected chi connectivity index (χ0v) is 19.2. The quantitative estimate of drug-likeness (QED) is 0.562. The molecule has 0 aliphatic heterocycles. The first-order chi connectivity index (χ1) is 15.4. The minimum Gasteiger partial charge on any atom is -0.497 e. The van der Waals surface area contributed by atoms with Crippen LogP contribution < -0.4 is 10.1 Å². The first-order valence-electron chi connectivity index (χ1n) is 10.8. The van der Waals surface area contributed by atoms with Crippen LogP contribution >= 0.6 is 0 Å². The van der Waals surface area contributed by atoms with Crippen LogP contribution in [0.3, 0.4) is 0 Å². The Morgan fingerprint density at radius 3 is 2.53 bits per heavy atom. The number of hydrogen-bond donors (Lipinski definition) is 1. The Balaban J connectivity index is 1.41. The summed E-state index contributed by atoms with van der Waals surface area (Å²) in [5, 5.41) is 3.68. The average Bonchev–Trinajstić information content (AvgIpc) is 3.21. The molecule has 4 rings (SSSR count). The molecule has 1 N–H and O–H groups in total. The first-order valence-corrected chi connectivity index (χ1v) is 12.2. The molecule has 0 spiro atoms. The van der Waals surface area contributed by atoms with Crippen molar-refractivity contribution in [3.63, 3.8) is 0 Å². The molecule has 1 heterocycles. The van der Waals surface area contributed by atoms with Crippen molar-refractivity contribution >= 4 is 32.6 Å². The fourth-order valence-electron chi connectivity index (χ4n) is 4.22. The van der Waals surface area contributed by atoms with E-state index in [9.17, 15) is 13.2 Å². The number of nitrogens with zero attached hydrogens (tertiary/aromatic N) is 1. The van der Waals surface area contributed by atoms with Crippen molar-refractivity contribution in [2.75, 3.05) is 19.5 Å². The zero-order valence-electron chi connectivity index (χ0n) is 18.3. The summed E-state index contributed by atoms with van der Waals surface area (Å²) in [4.78, 5) is 12.8. The predicted molar refractivity (Wildman–Crippen MR) is 123 cm³/mol. The van der Waals surface area contributed by atoms with Gasteiger partial charge in [0, 0.05) is 35.8 Å². The van der Waals surface area contributed by atoms with Crippen molar-refractivity contribution < 1.29 is 22.4 Å². The summed E-state index contributed by atoms with van der Waals surface area (Å²) >= 11 is 0. The van der Waals surface area contributed by atoms with Crippen LogP contribution in [0.25, 0.3) is 11.0 Å². The van der Waals surface area contributed by atoms with Crippen LogP contribution in [-0.2, 0) is 21.2 Å². The molecule has 0 bridgehead atoms. The van der Waals surface area contributed by atoms with Crippen molar-refractivity contribution in [1.29, 1.82) is 0 Å². The molecule has 0 saturated heterocycles. The van der Waals surface area contributed by atoms with E-state index in [2.05, 4.69) is 5.32 Å². The summed E-state index contributed by atoms with van der Waals surface area (Å²) in [5.74, 6) is 0.477. The normalized spacial score (nSPS) is 15.2. The zero-order chi connectivity index (χ0) is 22.7. The number of sulfonamides is 1. The Morgan fingerprint density at radius 1 is 1.12 bits per heavy atom. The molecule has 170 valence electrons. The van der Waals surface area contributed by atoms with Crippen molar-refractivity contribution in [3.8, 4) is 5.75 Å². The number of anilines is 1. The van der Waals surface area contributed by atoms with Crippen LogP contribution in [0.5, 0.6) is 5.75 Å². The van der Waals surface area contributed by atoms with Gasteiger partial charge in [-0.15, -0.1) is 0 Å². The van der Waals surface area contributed by atoms with Gasteiger partial charge in [0.15, 0.2) is 0 Å². The van der Waals surface area contributed by atoms with E-state index < -0.39 is 10.0 Å². The third kappa shape index (κ3) is 4.66. The number of amides is 1. The van der Waals surface area contributed by atoms with Gasteiger partial charge in [0.25, 0.3) is 0 Å². The Hall–Kier alpha value is -2.84. The Labute approximate surface area is 188 Å². The summed E-state index contributed by atoms with van der Waals surface area (Å²) < 4.78 is 38.2. The Kier molecular flexibility index (Phi) is 6.53. The number of carbonyl (C=O) groups excluding carboxylic acids is 1. The van der Waals surface area contributed by atoms with Crippen molar-refractivity contribution in [2.45, 2.75) is 49.5 Å². The van der Waals surface area contributed by atoms with Crippen LogP contribution in [0.1, 0.15) is 37.7 Å². The molecule has 2 aromatic carbocycles. The van der Waals surface area contributed by atoms with Crippen LogP contribution in [-0.4, -0.2) is 38.8 Å². The largest absolute Gasteiger partial charge is 0.497 e. The van der Waals surface area contributed by atoms with E-state index in [1.54, 1.807) is 50.8 Å². The number of methoxy groups -OCH3 is 1. The molecule has 1 fully saturated rings. The molecule has 7 nitrogen and oxygen atoms in total. The number of benzene rings is 2. The highest BCUT2D eigenvalue weighted by atomic mass is 32.2. The van der Waals surface area contributed by atoms with Crippen LogP contribution in [0, 0.1) is 0 Å². The maximum atomic E-state index is 13.0. The molecule has 0 radical (unpaired) electrons. The number of furan rings is 1. The predicted octanol–water partition coefficient (Wildman–Crippen LogP) is 4.58. The van der Waals surface area contributed by atoms with Gasteiger partial charge < -0.3 is 14.5 Å². The van der Waals surface area contributed by atoms with Gasteiger partial charge in [0.05, 0.1) is 24.7 Å². The molecule has 1 aliphatic carbocycles. The lowest BCUT2D eigenvalue weighted by Crippen LogP contribution is -2.38. The van der Waals surface area contributed by atoms with E-state index in [1.165, 1.54) is 10.7 Å². The van der Waals surface area contributed by atoms with E-state index in [4.69, 9.17) is 9.15 Å². The first kappa shape index (κ1) is 22.4. The summed E-state index contributed by atoms with van der Waals surface area (Å²) in [6.07, 6.45) is 6.81. The monoisotopic (exact) mass is 456 g/mol. The summed E-state index contributed by atoms with van der Waals surface area (Å²) in [6, 6.07) is 11.9. The van der Waals surface area contributed by atoms with Gasteiger partial charge >= 0.3 is 0 Å². The van der Waals surface area contributed by atoms with Crippen LogP contribution in [0.4, 0.5) is 5.69 Å². The van der Waals surface area contributed by atoms with E-state index in [0.717, 1.165) is 36.6 Å². The highest BCUT2D eigenvalue weighted by Gasteiger charge is 2.29. The lowest BCUT2D eigenvalue weighted by molar-refractivity contribution is -0.115. The molecule has 1 amide bonds. The SMILES string of the molecule is COc1ccc2c(CC(=O)Nc3ccc(S(=O)(=O)N(C)C4CCCCC4)cc3)coc2c1. The summed E-state index contributed by atoms with van der Waals surface area (Å²) in [7, 11) is -0.312. The fraction of sp³-hybridized carbons (Fsp3) is 0.375. The molecule has 8 heteroatoms. The highest BCUT2D eigenvalue weighted by Crippen LogP contribution is 2.28. The molecule has 32 heavy (non-hydrogen) atoms. The molecule has 0 unspecified atom stereocenters. The Bertz CT molecular complexity index is 1190. The van der Waals surface area contributed by atoms with Crippen molar-refractivity contribution in [2.24, 2.45) is 0 Å². The number of rotatable bonds is 7. The second-order valence-electron chi connectivity index (χ2n) is 8.19. The van der Waals surface area contributed by atoms with Crippen molar-refractivity contribution in [1.82, 2.24) is 4.31 Å². The molecule has 1 saturated carbocycles. The highest BCUT2D eigenvalue weighted by molar-refractivity contribution is 7.89. The van der Waals surface area contributed by atoms with Crippen molar-refractivity contribution in [3.05, 3.63) is 54.3 Å². The van der Waals surface area contributed by atoms with E-state index in [0.29, 0.717) is 17.0 Å². The van der Waals surface area contributed by atoms with E-state index in [-0.39, 0.29) is 23.3 Å². The molecule has 3 aromatic rings. The fourth-order valence-corrected chi connectivity index (χ4v) is 5.64. The number of nitrogens with one attached hydrogen (secondary N) is 1. The number of fused-ring (bicyclic) bond motifs is 1. The molecule has 0 atom stereocenters. The number of hydrogen-bond acceptors (Lipinski definition) is 5. The van der Waals surface area contributed by atoms with Gasteiger partial charge in [-0.25, -0.2) is 8.42 Å². The van der Waals surface area contributed by atoms with Crippen LogP contribution in [0.15, 0.2) is 58.0 Å². The van der Waals surface area contributed by atoms with Gasteiger partial charge in [0.1, 0.15) is 11.3 Å². The van der Waals surface area contributed by atoms with E-state index in [1.807, 2.05) is 12.1 Å². The van der Waals surface area contributed by atoms with Gasteiger partial charge in [0.2, 0.25) is 15.9 Å². The second-order valence-corrected chi connectivity index (χ2v) is 10.2. The minimum atomic E-state index is -3.56. The Morgan fingerprint density at radius 2 is 1.84 bits per heavy atom. The van der Waals surface area contributed by atoms with Crippen LogP contribution in [0.2, 0.25) is 0 Å². The third-order valence-corrected chi connectivity index (χ3v) is 8.04. The third-order valence-electron chi connectivity index (χ3n) is 6.12. The molecule has 1 aliphatic rings. The molecular formula is C24H28N2O5S. The van der Waals surface area contributed by atoms with Gasteiger partial charge in [-0.2, -0.15) is 4.31 Å². The second kappa shape index (κ2) is 9.34. The summed E-state index contributed by atoms with van der Waals surface area (Å²) in [6.45, 7) is 0. The standard InChI is InChI=1S/C24H28N2O5S/c1-26(19-6-4-3-5-7-19)32(28,29)21-11-8-18(9-12-21)25-24(27)14-17-16-31-23-15-20(30-2)10-13-22(17)23/h8-13,15-16,19H,3-7,14H2,1-2H3,(H,25,27). The molecule has 1 aromatic heterocycles.